The molecule has 1 aliphatic carbocycles. The van der Waals surface area contributed by atoms with E-state index in [1.807, 2.05) is 18.2 Å². The summed E-state index contributed by atoms with van der Waals surface area (Å²) < 4.78 is 42.0. The Kier molecular flexibility index (Phi) is 8.26. The Morgan fingerprint density at radius 1 is 1.02 bits per heavy atom. The van der Waals surface area contributed by atoms with Gasteiger partial charge in [0.05, 0.1) is 11.8 Å². The molecule has 3 aromatic carbocycles. The molecular formula is C32H31FN2O10. The molecule has 45 heavy (non-hydrogen) atoms. The molecule has 3 atom stereocenters. The molecule has 3 aromatic rings. The minimum absolute atomic E-state index is 0.000798. The summed E-state index contributed by atoms with van der Waals surface area (Å²) in [6, 6.07) is 11.0. The molecule has 2 aliphatic heterocycles. The molecule has 4 N–H and O–H groups in total. The number of phenolic OH excluding ortho intramolecular Hbond substituents is 2. The number of oxime groups is 1. The van der Waals surface area contributed by atoms with Crippen LogP contribution in [0.5, 0.6) is 40.2 Å². The van der Waals surface area contributed by atoms with Crippen molar-refractivity contribution in [1.29, 1.82) is 0 Å². The predicted molar refractivity (Wildman–Crippen MR) is 158 cm³/mol. The molecule has 0 radical (unpaired) electrons. The summed E-state index contributed by atoms with van der Waals surface area (Å²) in [5.41, 5.74) is 1.47. The molecule has 0 aromatic heterocycles. The maximum Gasteiger partial charge on any atom is 0.251 e. The van der Waals surface area contributed by atoms with Crippen LogP contribution in [-0.4, -0.2) is 52.7 Å². The van der Waals surface area contributed by atoms with Crippen LogP contribution in [0.3, 0.4) is 0 Å². The van der Waals surface area contributed by atoms with E-state index in [0.29, 0.717) is 30.1 Å². The third-order valence-electron chi connectivity index (χ3n) is 7.76. The van der Waals surface area contributed by atoms with Crippen LogP contribution in [0, 0.1) is 11.7 Å². The average molecular weight is 623 g/mol. The van der Waals surface area contributed by atoms with E-state index in [4.69, 9.17) is 28.5 Å². The van der Waals surface area contributed by atoms with Gasteiger partial charge in [-0.2, -0.15) is 0 Å². The lowest BCUT2D eigenvalue weighted by Crippen LogP contribution is -2.20. The van der Waals surface area contributed by atoms with Crippen molar-refractivity contribution in [2.75, 3.05) is 18.9 Å². The lowest BCUT2D eigenvalue weighted by molar-refractivity contribution is -0.112. The predicted octanol–water partition coefficient (Wildman–Crippen LogP) is 4.85. The first kappa shape index (κ1) is 29.9. The fourth-order valence-corrected chi connectivity index (χ4v) is 5.36. The highest BCUT2D eigenvalue weighted by Gasteiger charge is 2.36. The lowest BCUT2D eigenvalue weighted by atomic mass is 10.0. The Labute approximate surface area is 257 Å². The molecule has 1 fully saturated rings. The number of benzene rings is 3. The normalized spacial score (nSPS) is 20.3. The zero-order valence-corrected chi connectivity index (χ0v) is 24.4. The summed E-state index contributed by atoms with van der Waals surface area (Å²) in [5.74, 6) is -0.730. The molecule has 1 amide bonds. The number of aromatic hydroxyl groups is 2. The van der Waals surface area contributed by atoms with Crippen molar-refractivity contribution in [2.24, 2.45) is 11.1 Å². The quantitative estimate of drug-likeness (QED) is 0.113. The van der Waals surface area contributed by atoms with Crippen LogP contribution in [0.4, 0.5) is 10.1 Å². The van der Waals surface area contributed by atoms with E-state index in [1.165, 1.54) is 31.2 Å². The minimum Gasteiger partial charge on any atom is -0.505 e. The number of ether oxygens (including phenoxy) is 5. The summed E-state index contributed by atoms with van der Waals surface area (Å²) in [5, 5.41) is 37.8. The highest BCUT2D eigenvalue weighted by Crippen LogP contribution is 2.49. The molecule has 0 unspecified atom stereocenters. The van der Waals surface area contributed by atoms with Crippen molar-refractivity contribution >= 4 is 23.4 Å². The highest BCUT2D eigenvalue weighted by atomic mass is 19.1. The number of nitrogens with zero attached hydrogens (tertiary/aromatic N) is 1. The van der Waals surface area contributed by atoms with E-state index < -0.39 is 29.3 Å². The van der Waals surface area contributed by atoms with Crippen molar-refractivity contribution in [1.82, 2.24) is 0 Å². The number of aliphatic hydroxyl groups excluding tert-OH is 1. The van der Waals surface area contributed by atoms with E-state index in [9.17, 15) is 20.1 Å². The first-order valence-electron chi connectivity index (χ1n) is 14.2. The summed E-state index contributed by atoms with van der Waals surface area (Å²) in [6.07, 6.45) is 1.05. The van der Waals surface area contributed by atoms with Gasteiger partial charge in [0, 0.05) is 35.6 Å². The van der Waals surface area contributed by atoms with Crippen LogP contribution in [0.1, 0.15) is 37.8 Å². The molecule has 0 spiro atoms. The number of carbonyl (C=O) groups excluding carboxylic acids is 1. The number of amides is 1. The standard InChI is InChI=1S/C32H31FN2O10/c1-16(32(39)34-29-25(37)12-28-31(30(29)38)43-15-42-28)7-19-4-5-20(10-23(19)33)45-21-9-22(24(36)11-21)17(2)35-44-13-18-3-6-26-27(8-18)41-14-40-26/h3-8,10,12,21-22,24,36-38H,9,11,13-15H2,1-2H3,(H,34,39)/b16-7+,35-17+/t21-,22-,24+/m1/s1. The van der Waals surface area contributed by atoms with E-state index in [-0.39, 0.29) is 66.3 Å². The summed E-state index contributed by atoms with van der Waals surface area (Å²) >= 11 is 0. The Morgan fingerprint density at radius 2 is 1.80 bits per heavy atom. The van der Waals surface area contributed by atoms with E-state index in [2.05, 4.69) is 10.5 Å². The number of hydrogen-bond acceptors (Lipinski definition) is 11. The Balaban J connectivity index is 1.04. The number of nitrogens with one attached hydrogen (secondary N) is 1. The molecule has 236 valence electrons. The second kappa shape index (κ2) is 12.4. The van der Waals surface area contributed by atoms with Crippen LogP contribution in [-0.2, 0) is 16.2 Å². The number of phenols is 2. The fourth-order valence-electron chi connectivity index (χ4n) is 5.36. The molecule has 0 saturated heterocycles. The van der Waals surface area contributed by atoms with Crippen LogP contribution >= 0.6 is 0 Å². The molecule has 12 nitrogen and oxygen atoms in total. The fraction of sp³-hybridized carbons (Fsp3) is 0.312. The third kappa shape index (κ3) is 6.38. The lowest BCUT2D eigenvalue weighted by Gasteiger charge is -2.15. The first-order valence-corrected chi connectivity index (χ1v) is 14.2. The molecule has 1 saturated carbocycles. The van der Waals surface area contributed by atoms with Crippen LogP contribution in [0.15, 0.2) is 53.2 Å². The molecule has 3 aliphatic rings. The van der Waals surface area contributed by atoms with Crippen LogP contribution in [0.2, 0.25) is 0 Å². The number of halogens is 1. The Bertz CT molecular complexity index is 1690. The topological polar surface area (TPSA) is 158 Å². The molecule has 0 bridgehead atoms. The third-order valence-corrected chi connectivity index (χ3v) is 7.76. The number of fused-ring (bicyclic) bond motifs is 2. The van der Waals surface area contributed by atoms with Gasteiger partial charge in [-0.3, -0.25) is 4.79 Å². The van der Waals surface area contributed by atoms with Gasteiger partial charge in [-0.15, -0.1) is 0 Å². The van der Waals surface area contributed by atoms with Crippen molar-refractivity contribution < 1.29 is 53.0 Å². The van der Waals surface area contributed by atoms with E-state index >= 15 is 4.39 Å². The van der Waals surface area contributed by atoms with Gasteiger partial charge in [0.1, 0.15) is 35.7 Å². The Hall–Kier alpha value is -5.17. The maximum absolute atomic E-state index is 15.0. The molecule has 2 heterocycles. The summed E-state index contributed by atoms with van der Waals surface area (Å²) in [4.78, 5) is 18.3. The van der Waals surface area contributed by atoms with E-state index in [0.717, 1.165) is 5.56 Å². The van der Waals surface area contributed by atoms with E-state index in [1.54, 1.807) is 13.0 Å². The zero-order chi connectivity index (χ0) is 31.7. The average Bonchev–Trinajstić information content (AvgIpc) is 3.76. The monoisotopic (exact) mass is 622 g/mol. The van der Waals surface area contributed by atoms with Crippen molar-refractivity contribution in [3.63, 3.8) is 0 Å². The van der Waals surface area contributed by atoms with Gasteiger partial charge in [-0.05, 0) is 56.2 Å². The van der Waals surface area contributed by atoms with Crippen molar-refractivity contribution in [2.45, 2.75) is 45.5 Å². The summed E-state index contributed by atoms with van der Waals surface area (Å²) in [6.45, 7) is 3.52. The Morgan fingerprint density at radius 3 is 2.62 bits per heavy atom. The number of carbonyl (C=O) groups is 1. The van der Waals surface area contributed by atoms with Gasteiger partial charge in [0.25, 0.3) is 5.91 Å². The van der Waals surface area contributed by atoms with Gasteiger partial charge in [0.15, 0.2) is 23.0 Å². The van der Waals surface area contributed by atoms with Crippen molar-refractivity contribution in [3.8, 4) is 40.2 Å². The highest BCUT2D eigenvalue weighted by molar-refractivity contribution is 6.08. The van der Waals surface area contributed by atoms with Gasteiger partial charge in [0.2, 0.25) is 19.3 Å². The number of hydrogen-bond donors (Lipinski definition) is 4. The second-order valence-corrected chi connectivity index (χ2v) is 10.9. The van der Waals surface area contributed by atoms with Gasteiger partial charge in [-0.25, -0.2) is 4.39 Å². The SMILES string of the molecule is C/C(=C\c1ccc(O[C@@H]2C[C@H](/C(C)=N/OCc3ccc4c(c3)OCO4)[C@@H](O)C2)cc1F)C(=O)Nc1c(O)cc2c(c1O)OCO2. The van der Waals surface area contributed by atoms with Crippen LogP contribution in [0.25, 0.3) is 6.08 Å². The first-order chi connectivity index (χ1) is 21.7. The smallest absolute Gasteiger partial charge is 0.251 e. The van der Waals surface area contributed by atoms with Gasteiger partial charge in [-0.1, -0.05) is 11.2 Å². The van der Waals surface area contributed by atoms with Crippen LogP contribution < -0.4 is 29.0 Å². The second-order valence-electron chi connectivity index (χ2n) is 10.9. The zero-order valence-electron chi connectivity index (χ0n) is 24.4. The number of rotatable bonds is 9. The number of anilines is 1. The molecule has 6 rings (SSSR count). The minimum atomic E-state index is -0.704. The largest absolute Gasteiger partial charge is 0.505 e. The maximum atomic E-state index is 15.0. The molecular weight excluding hydrogens is 591 g/mol. The summed E-state index contributed by atoms with van der Waals surface area (Å²) in [7, 11) is 0. The number of aliphatic hydroxyl groups is 1. The molecule has 13 heteroatoms. The van der Waals surface area contributed by atoms with Crippen molar-refractivity contribution in [3.05, 3.63) is 65.0 Å². The van der Waals surface area contributed by atoms with Gasteiger partial charge < -0.3 is 49.2 Å². The van der Waals surface area contributed by atoms with Gasteiger partial charge >= 0.3 is 0 Å².